The van der Waals surface area contributed by atoms with Gasteiger partial charge < -0.3 is 13.9 Å². The van der Waals surface area contributed by atoms with Gasteiger partial charge in [-0.2, -0.15) is 0 Å². The molecule has 2 aromatic heterocycles. The van der Waals surface area contributed by atoms with Crippen molar-refractivity contribution in [3.05, 3.63) is 40.2 Å². The summed E-state index contributed by atoms with van der Waals surface area (Å²) in [6.07, 6.45) is 1.21. The van der Waals surface area contributed by atoms with Crippen molar-refractivity contribution in [1.29, 1.82) is 0 Å². The number of furan rings is 1. The number of ether oxygens (including phenoxy) is 2. The lowest BCUT2D eigenvalue weighted by atomic mass is 10.1. The highest BCUT2D eigenvalue weighted by Crippen LogP contribution is 2.41. The van der Waals surface area contributed by atoms with Crippen LogP contribution in [0.3, 0.4) is 0 Å². The maximum Gasteiger partial charge on any atom is 0.333 e. The topological polar surface area (TPSA) is 65.7 Å². The molecule has 0 bridgehead atoms. The fourth-order valence-corrected chi connectivity index (χ4v) is 3.60. The van der Waals surface area contributed by atoms with E-state index in [1.54, 1.807) is 12.1 Å². The second kappa shape index (κ2) is 6.33. The first-order valence-electron chi connectivity index (χ1n) is 7.37. The van der Waals surface area contributed by atoms with Crippen LogP contribution >= 0.6 is 11.3 Å². The summed E-state index contributed by atoms with van der Waals surface area (Å²) < 4.78 is 30.5. The highest BCUT2D eigenvalue weighted by Gasteiger charge is 2.21. The Morgan fingerprint density at radius 3 is 2.64 bits per heavy atom. The molecular weight excluding hydrogens is 347 g/mol. The normalized spacial score (nSPS) is 12.0. The molecule has 0 aliphatic rings. The van der Waals surface area contributed by atoms with E-state index in [9.17, 15) is 14.0 Å². The van der Waals surface area contributed by atoms with E-state index in [1.807, 2.05) is 0 Å². The largest absolute Gasteiger partial charge is 0.493 e. The molecule has 3 rings (SSSR count). The SMILES string of the molecule is COC(=O)/C(C)=C/C(=O)c1cc2c(cc(OC)c3oc(C)c(F)c32)s1. The number of allylic oxidation sites excluding steroid dienone is 1. The van der Waals surface area contributed by atoms with Crippen LogP contribution in [0.2, 0.25) is 0 Å². The third-order valence-corrected chi connectivity index (χ3v) is 4.94. The highest BCUT2D eigenvalue weighted by atomic mass is 32.1. The number of halogens is 1. The van der Waals surface area contributed by atoms with Crippen LogP contribution in [-0.4, -0.2) is 26.0 Å². The molecule has 7 heteroatoms. The average Bonchev–Trinajstić information content (AvgIpc) is 3.14. The van der Waals surface area contributed by atoms with Gasteiger partial charge >= 0.3 is 5.97 Å². The second-order valence-electron chi connectivity index (χ2n) is 5.46. The third-order valence-electron chi connectivity index (χ3n) is 3.84. The molecular formula is C18H15FO5S. The van der Waals surface area contributed by atoms with Crippen LogP contribution in [0, 0.1) is 12.7 Å². The number of fused-ring (bicyclic) bond motifs is 3. The van der Waals surface area contributed by atoms with Gasteiger partial charge in [-0.25, -0.2) is 9.18 Å². The number of hydrogen-bond donors (Lipinski definition) is 0. The number of esters is 1. The van der Waals surface area contributed by atoms with Crippen LogP contribution in [0.4, 0.5) is 4.39 Å². The van der Waals surface area contributed by atoms with E-state index >= 15 is 0 Å². The number of aryl methyl sites for hydroxylation is 1. The first-order valence-corrected chi connectivity index (χ1v) is 8.19. The summed E-state index contributed by atoms with van der Waals surface area (Å²) in [5, 5.41) is 0.860. The van der Waals surface area contributed by atoms with Crippen LogP contribution in [0.5, 0.6) is 5.75 Å². The van der Waals surface area contributed by atoms with Crippen molar-refractivity contribution in [1.82, 2.24) is 0 Å². The zero-order valence-electron chi connectivity index (χ0n) is 14.1. The molecule has 0 aliphatic heterocycles. The van der Waals surface area contributed by atoms with Crippen molar-refractivity contribution >= 4 is 44.1 Å². The minimum atomic E-state index is -0.574. The van der Waals surface area contributed by atoms with E-state index < -0.39 is 11.8 Å². The van der Waals surface area contributed by atoms with E-state index in [2.05, 4.69) is 4.74 Å². The van der Waals surface area contributed by atoms with E-state index in [4.69, 9.17) is 9.15 Å². The first-order chi connectivity index (χ1) is 11.9. The summed E-state index contributed by atoms with van der Waals surface area (Å²) in [7, 11) is 2.72. The summed E-state index contributed by atoms with van der Waals surface area (Å²) in [5.41, 5.74) is 0.501. The van der Waals surface area contributed by atoms with Crippen molar-refractivity contribution in [2.45, 2.75) is 13.8 Å². The molecule has 0 aliphatic carbocycles. The summed E-state index contributed by atoms with van der Waals surface area (Å²) >= 11 is 1.19. The molecule has 1 aromatic carbocycles. The molecule has 0 amide bonds. The van der Waals surface area contributed by atoms with Gasteiger partial charge in [0.15, 0.2) is 22.9 Å². The molecule has 5 nitrogen and oxygen atoms in total. The van der Waals surface area contributed by atoms with Gasteiger partial charge in [-0.1, -0.05) is 0 Å². The predicted molar refractivity (Wildman–Crippen MR) is 92.9 cm³/mol. The number of rotatable bonds is 4. The van der Waals surface area contributed by atoms with Gasteiger partial charge in [-0.05, 0) is 26.0 Å². The Kier molecular flexibility index (Phi) is 4.34. The second-order valence-corrected chi connectivity index (χ2v) is 6.54. The van der Waals surface area contributed by atoms with Crippen molar-refractivity contribution in [3.63, 3.8) is 0 Å². The summed E-state index contributed by atoms with van der Waals surface area (Å²) in [4.78, 5) is 24.2. The Morgan fingerprint density at radius 2 is 2.00 bits per heavy atom. The quantitative estimate of drug-likeness (QED) is 0.391. The van der Waals surface area contributed by atoms with E-state index in [0.29, 0.717) is 26.3 Å². The molecule has 0 radical (unpaired) electrons. The lowest BCUT2D eigenvalue weighted by molar-refractivity contribution is -0.136. The standard InChI is InChI=1S/C18H15FO5S/c1-8(18(21)23-4)5-11(20)14-6-10-13(25-14)7-12(22-3)17-15(10)16(19)9(2)24-17/h5-7H,1-4H3/b8-5+. The maximum atomic E-state index is 14.5. The number of hydrogen-bond acceptors (Lipinski definition) is 6. The maximum absolute atomic E-state index is 14.5. The van der Waals surface area contributed by atoms with Gasteiger partial charge in [0.25, 0.3) is 0 Å². The number of ketones is 1. The number of carbonyl (C=O) groups excluding carboxylic acids is 2. The summed E-state index contributed by atoms with van der Waals surface area (Å²) in [6, 6.07) is 3.31. The first kappa shape index (κ1) is 17.2. The Labute approximate surface area is 146 Å². The summed E-state index contributed by atoms with van der Waals surface area (Å²) in [6.45, 7) is 3.03. The Bertz CT molecular complexity index is 1040. The summed E-state index contributed by atoms with van der Waals surface area (Å²) in [5.74, 6) is -0.846. The minimum Gasteiger partial charge on any atom is -0.493 e. The van der Waals surface area contributed by atoms with Gasteiger partial charge in [0.05, 0.1) is 24.5 Å². The van der Waals surface area contributed by atoms with E-state index in [1.165, 1.54) is 45.5 Å². The molecule has 0 N–H and O–H groups in total. The minimum absolute atomic E-state index is 0.154. The molecule has 2 heterocycles. The molecule has 0 saturated heterocycles. The predicted octanol–water partition coefficient (Wildman–Crippen LogP) is 4.41. The van der Waals surface area contributed by atoms with Gasteiger partial charge in [0.1, 0.15) is 5.76 Å². The number of thiophene rings is 1. The molecule has 0 spiro atoms. The average molecular weight is 362 g/mol. The van der Waals surface area contributed by atoms with E-state index in [0.717, 1.165) is 0 Å². The van der Waals surface area contributed by atoms with Crippen molar-refractivity contribution in [3.8, 4) is 5.75 Å². The van der Waals surface area contributed by atoms with E-state index in [-0.39, 0.29) is 22.5 Å². The number of carbonyl (C=O) groups is 2. The fourth-order valence-electron chi connectivity index (χ4n) is 2.59. The van der Waals surface area contributed by atoms with Crippen LogP contribution in [0.1, 0.15) is 22.4 Å². The van der Waals surface area contributed by atoms with Gasteiger partial charge in [0.2, 0.25) is 0 Å². The third kappa shape index (κ3) is 2.80. The molecule has 130 valence electrons. The molecule has 25 heavy (non-hydrogen) atoms. The van der Waals surface area contributed by atoms with Crippen LogP contribution in [-0.2, 0) is 9.53 Å². The van der Waals surface area contributed by atoms with Crippen LogP contribution < -0.4 is 4.74 Å². The Hall–Kier alpha value is -2.67. The zero-order valence-corrected chi connectivity index (χ0v) is 14.9. The van der Waals surface area contributed by atoms with Gasteiger partial charge in [-0.15, -0.1) is 11.3 Å². The molecule has 3 aromatic rings. The van der Waals surface area contributed by atoms with Crippen molar-refractivity contribution in [2.24, 2.45) is 0 Å². The van der Waals surface area contributed by atoms with Crippen molar-refractivity contribution in [2.75, 3.05) is 14.2 Å². The van der Waals surface area contributed by atoms with Crippen LogP contribution in [0.15, 0.2) is 28.2 Å². The Balaban J connectivity index is 2.19. The van der Waals surface area contributed by atoms with Gasteiger partial charge in [0, 0.05) is 21.7 Å². The number of methoxy groups -OCH3 is 2. The molecule has 0 unspecified atom stereocenters. The lowest BCUT2D eigenvalue weighted by Gasteiger charge is -2.00. The highest BCUT2D eigenvalue weighted by molar-refractivity contribution is 7.21. The molecule has 0 atom stereocenters. The van der Waals surface area contributed by atoms with Crippen molar-refractivity contribution < 1.29 is 27.9 Å². The van der Waals surface area contributed by atoms with Crippen LogP contribution in [0.25, 0.3) is 21.1 Å². The zero-order chi connectivity index (χ0) is 18.3. The molecule has 0 saturated carbocycles. The van der Waals surface area contributed by atoms with Gasteiger partial charge in [-0.3, -0.25) is 4.79 Å². The fraction of sp³-hybridized carbons (Fsp3) is 0.222. The monoisotopic (exact) mass is 362 g/mol. The Morgan fingerprint density at radius 1 is 1.28 bits per heavy atom. The molecule has 0 fully saturated rings. The smallest absolute Gasteiger partial charge is 0.333 e. The lowest BCUT2D eigenvalue weighted by Crippen LogP contribution is -2.04. The number of benzene rings is 1.